The largest absolute Gasteiger partial charge is 0.341 e. The topological polar surface area (TPSA) is 61.4 Å². The van der Waals surface area contributed by atoms with Gasteiger partial charge in [0.1, 0.15) is 6.04 Å². The molecule has 24 heavy (non-hydrogen) atoms. The normalized spacial score (nSPS) is 16.2. The molecule has 134 valence electrons. The minimum absolute atomic E-state index is 0. The van der Waals surface area contributed by atoms with Crippen LogP contribution in [0.3, 0.4) is 0 Å². The molecule has 0 aliphatic carbocycles. The second-order valence-corrected chi connectivity index (χ2v) is 6.22. The highest BCUT2D eigenvalue weighted by Gasteiger charge is 2.26. The van der Waals surface area contributed by atoms with Gasteiger partial charge in [-0.15, -0.1) is 12.4 Å². The van der Waals surface area contributed by atoms with E-state index in [9.17, 15) is 9.59 Å². The molecule has 2 N–H and O–H groups in total. The summed E-state index contributed by atoms with van der Waals surface area (Å²) in [4.78, 5) is 26.5. The lowest BCUT2D eigenvalue weighted by atomic mass is 9.93. The molecular formula is C18H28ClN3O2. The summed E-state index contributed by atoms with van der Waals surface area (Å²) in [5, 5.41) is 5.97. The average molecular weight is 354 g/mol. The lowest BCUT2D eigenvalue weighted by Crippen LogP contribution is -2.49. The molecule has 5 nitrogen and oxygen atoms in total. The third-order valence-corrected chi connectivity index (χ3v) is 4.48. The maximum atomic E-state index is 12.5. The second-order valence-electron chi connectivity index (χ2n) is 6.22. The Balaban J connectivity index is 0.00000288. The fourth-order valence-corrected chi connectivity index (χ4v) is 3.00. The van der Waals surface area contributed by atoms with Crippen LogP contribution in [-0.4, -0.2) is 49.4 Å². The van der Waals surface area contributed by atoms with E-state index in [0.29, 0.717) is 11.5 Å². The smallest absolute Gasteiger partial charge is 0.251 e. The molecule has 1 unspecified atom stereocenters. The van der Waals surface area contributed by atoms with Gasteiger partial charge in [-0.05, 0) is 57.8 Å². The quantitative estimate of drug-likeness (QED) is 0.823. The standard InChI is InChI=1S/C18H27N3O2.ClH/c1-14(20-17(22)16-6-4-3-5-7-16)18(23)21-12-9-15(10-13-21)8-11-19-2;/h3-7,14-15,19H,8-13H2,1-2H3,(H,20,22);1H. The van der Waals surface area contributed by atoms with Crippen LogP contribution in [0, 0.1) is 5.92 Å². The molecule has 1 aliphatic heterocycles. The fraction of sp³-hybridized carbons (Fsp3) is 0.556. The summed E-state index contributed by atoms with van der Waals surface area (Å²) >= 11 is 0. The maximum Gasteiger partial charge on any atom is 0.251 e. The Morgan fingerprint density at radius 3 is 2.42 bits per heavy atom. The number of amides is 2. The number of hydrogen-bond donors (Lipinski definition) is 2. The summed E-state index contributed by atoms with van der Waals surface area (Å²) in [6, 6.07) is 8.51. The van der Waals surface area contributed by atoms with Crippen molar-refractivity contribution in [3.63, 3.8) is 0 Å². The van der Waals surface area contributed by atoms with E-state index >= 15 is 0 Å². The van der Waals surface area contributed by atoms with Crippen LogP contribution in [0.2, 0.25) is 0 Å². The SMILES string of the molecule is CNCCC1CCN(C(=O)C(C)NC(=O)c2ccccc2)CC1.Cl. The molecule has 2 amide bonds. The van der Waals surface area contributed by atoms with Gasteiger partial charge in [-0.3, -0.25) is 9.59 Å². The molecule has 0 spiro atoms. The fourth-order valence-electron chi connectivity index (χ4n) is 3.00. The molecule has 1 aromatic rings. The number of halogens is 1. The molecule has 0 bridgehead atoms. The van der Waals surface area contributed by atoms with Crippen molar-refractivity contribution in [3.8, 4) is 0 Å². The summed E-state index contributed by atoms with van der Waals surface area (Å²) in [6.07, 6.45) is 3.26. The van der Waals surface area contributed by atoms with Gasteiger partial charge in [0.15, 0.2) is 0 Å². The highest BCUT2D eigenvalue weighted by atomic mass is 35.5. The van der Waals surface area contributed by atoms with E-state index in [1.165, 1.54) is 6.42 Å². The van der Waals surface area contributed by atoms with E-state index in [-0.39, 0.29) is 24.2 Å². The van der Waals surface area contributed by atoms with Crippen LogP contribution < -0.4 is 10.6 Å². The number of benzene rings is 1. The number of carbonyl (C=O) groups is 2. The lowest BCUT2D eigenvalue weighted by molar-refractivity contribution is -0.134. The Morgan fingerprint density at radius 2 is 1.83 bits per heavy atom. The third-order valence-electron chi connectivity index (χ3n) is 4.48. The first-order valence-electron chi connectivity index (χ1n) is 8.41. The molecule has 0 aromatic heterocycles. The van der Waals surface area contributed by atoms with Gasteiger partial charge in [0.2, 0.25) is 5.91 Å². The summed E-state index contributed by atoms with van der Waals surface area (Å²) in [6.45, 7) is 4.37. The first-order valence-corrected chi connectivity index (χ1v) is 8.41. The van der Waals surface area contributed by atoms with E-state index in [1.54, 1.807) is 19.1 Å². The van der Waals surface area contributed by atoms with E-state index in [1.807, 2.05) is 30.1 Å². The summed E-state index contributed by atoms with van der Waals surface area (Å²) < 4.78 is 0. The number of nitrogens with one attached hydrogen (secondary N) is 2. The monoisotopic (exact) mass is 353 g/mol. The maximum absolute atomic E-state index is 12.5. The van der Waals surface area contributed by atoms with Gasteiger partial charge in [-0.2, -0.15) is 0 Å². The Bertz CT molecular complexity index is 516. The molecule has 6 heteroatoms. The van der Waals surface area contributed by atoms with Crippen LogP contribution in [0.5, 0.6) is 0 Å². The molecule has 1 saturated heterocycles. The molecule has 1 fully saturated rings. The van der Waals surface area contributed by atoms with Crippen LogP contribution in [0.1, 0.15) is 36.5 Å². The Morgan fingerprint density at radius 1 is 1.21 bits per heavy atom. The van der Waals surface area contributed by atoms with Crippen LogP contribution in [0.15, 0.2) is 30.3 Å². The van der Waals surface area contributed by atoms with Crippen molar-refractivity contribution in [2.24, 2.45) is 5.92 Å². The zero-order valence-corrected chi connectivity index (χ0v) is 15.3. The molecule has 1 atom stereocenters. The molecule has 1 heterocycles. The van der Waals surface area contributed by atoms with Gasteiger partial charge in [0.25, 0.3) is 5.91 Å². The van der Waals surface area contributed by atoms with Gasteiger partial charge in [0.05, 0.1) is 0 Å². The van der Waals surface area contributed by atoms with Crippen molar-refractivity contribution >= 4 is 24.2 Å². The van der Waals surface area contributed by atoms with Gasteiger partial charge in [-0.25, -0.2) is 0 Å². The van der Waals surface area contributed by atoms with Gasteiger partial charge < -0.3 is 15.5 Å². The summed E-state index contributed by atoms with van der Waals surface area (Å²) in [5.74, 6) is 0.511. The first-order chi connectivity index (χ1) is 11.1. The second kappa shape index (κ2) is 10.3. The molecule has 1 aromatic carbocycles. The molecule has 0 saturated carbocycles. The predicted molar refractivity (Wildman–Crippen MR) is 98.5 cm³/mol. The van der Waals surface area contributed by atoms with Crippen molar-refractivity contribution in [2.45, 2.75) is 32.2 Å². The number of hydrogen-bond acceptors (Lipinski definition) is 3. The lowest BCUT2D eigenvalue weighted by Gasteiger charge is -2.33. The Labute approximate surface area is 150 Å². The van der Waals surface area contributed by atoms with Crippen molar-refractivity contribution in [1.82, 2.24) is 15.5 Å². The van der Waals surface area contributed by atoms with Crippen LogP contribution >= 0.6 is 12.4 Å². The van der Waals surface area contributed by atoms with Gasteiger partial charge in [0, 0.05) is 18.7 Å². The number of piperidine rings is 1. The minimum Gasteiger partial charge on any atom is -0.341 e. The summed E-state index contributed by atoms with van der Waals surface area (Å²) in [5.41, 5.74) is 0.581. The van der Waals surface area contributed by atoms with E-state index < -0.39 is 6.04 Å². The van der Waals surface area contributed by atoms with Crippen LogP contribution in [-0.2, 0) is 4.79 Å². The van der Waals surface area contributed by atoms with Crippen LogP contribution in [0.25, 0.3) is 0 Å². The molecule has 2 rings (SSSR count). The third kappa shape index (κ3) is 5.80. The van der Waals surface area contributed by atoms with E-state index in [4.69, 9.17) is 0 Å². The zero-order chi connectivity index (χ0) is 16.7. The predicted octanol–water partition coefficient (Wildman–Crippen LogP) is 2.07. The van der Waals surface area contributed by atoms with Gasteiger partial charge >= 0.3 is 0 Å². The highest BCUT2D eigenvalue weighted by molar-refractivity contribution is 5.97. The average Bonchev–Trinajstić information content (AvgIpc) is 2.60. The first kappa shape index (κ1) is 20.5. The van der Waals surface area contributed by atoms with Crippen molar-refractivity contribution < 1.29 is 9.59 Å². The molecule has 1 aliphatic rings. The summed E-state index contributed by atoms with van der Waals surface area (Å²) in [7, 11) is 1.97. The van der Waals surface area contributed by atoms with Crippen molar-refractivity contribution in [1.29, 1.82) is 0 Å². The van der Waals surface area contributed by atoms with E-state index in [2.05, 4.69) is 10.6 Å². The number of nitrogens with zero attached hydrogens (tertiary/aromatic N) is 1. The number of likely N-dealkylation sites (tertiary alicyclic amines) is 1. The highest BCUT2D eigenvalue weighted by Crippen LogP contribution is 2.20. The van der Waals surface area contributed by atoms with E-state index in [0.717, 1.165) is 32.5 Å². The number of rotatable bonds is 6. The Hall–Kier alpha value is -1.59. The van der Waals surface area contributed by atoms with Gasteiger partial charge in [-0.1, -0.05) is 18.2 Å². The van der Waals surface area contributed by atoms with Crippen LogP contribution in [0.4, 0.5) is 0 Å². The van der Waals surface area contributed by atoms with Crippen molar-refractivity contribution in [2.75, 3.05) is 26.7 Å². The Kier molecular flexibility index (Phi) is 8.79. The molecule has 0 radical (unpaired) electrons. The zero-order valence-electron chi connectivity index (χ0n) is 14.5. The molecular weight excluding hydrogens is 326 g/mol. The van der Waals surface area contributed by atoms with Crippen molar-refractivity contribution in [3.05, 3.63) is 35.9 Å². The number of carbonyl (C=O) groups excluding carboxylic acids is 2. The minimum atomic E-state index is -0.489.